The Hall–Kier alpha value is -0.400. The van der Waals surface area contributed by atoms with Gasteiger partial charge in [-0.2, -0.15) is 0 Å². The third kappa shape index (κ3) is 2.52. The van der Waals surface area contributed by atoms with Crippen molar-refractivity contribution in [2.24, 2.45) is 0 Å². The Labute approximate surface area is 89.9 Å². The maximum atomic E-state index is 5.90. The van der Waals surface area contributed by atoms with E-state index >= 15 is 0 Å². The minimum Gasteiger partial charge on any atom is -0.385 e. The van der Waals surface area contributed by atoms with Crippen LogP contribution in [0.5, 0.6) is 0 Å². The molecule has 0 spiro atoms. The van der Waals surface area contributed by atoms with Gasteiger partial charge < -0.3 is 5.32 Å². The summed E-state index contributed by atoms with van der Waals surface area (Å²) in [5.41, 5.74) is 2.62. The smallest absolute Gasteiger partial charge is 0.0410 e. The highest BCUT2D eigenvalue weighted by molar-refractivity contribution is 6.30. The first kappa shape index (κ1) is 10.7. The molecule has 72 valence electrons. The van der Waals surface area contributed by atoms with E-state index in [1.807, 2.05) is 6.07 Å². The van der Waals surface area contributed by atoms with Gasteiger partial charge in [0.15, 0.2) is 0 Å². The molecule has 1 aromatic carbocycles. The summed E-state index contributed by atoms with van der Waals surface area (Å²) in [5.74, 6) is 0. The van der Waals surface area contributed by atoms with E-state index in [9.17, 15) is 0 Å². The molecule has 0 saturated carbocycles. The molecule has 2 rings (SSSR count). The SMILES string of the molecule is Cl.Clc1ccc2c(c1)CCCCN2. The van der Waals surface area contributed by atoms with Crippen LogP contribution >= 0.6 is 24.0 Å². The molecule has 0 aliphatic carbocycles. The van der Waals surface area contributed by atoms with Gasteiger partial charge in [-0.15, -0.1) is 12.4 Å². The van der Waals surface area contributed by atoms with Crippen molar-refractivity contribution in [3.8, 4) is 0 Å². The third-order valence-electron chi connectivity index (χ3n) is 2.26. The number of rotatable bonds is 0. The van der Waals surface area contributed by atoms with Crippen LogP contribution in [0.4, 0.5) is 5.69 Å². The number of aryl methyl sites for hydroxylation is 1. The molecule has 1 aliphatic heterocycles. The molecule has 3 heteroatoms. The van der Waals surface area contributed by atoms with Crippen LogP contribution in [-0.4, -0.2) is 6.54 Å². The van der Waals surface area contributed by atoms with Gasteiger partial charge in [0.25, 0.3) is 0 Å². The van der Waals surface area contributed by atoms with Crippen molar-refractivity contribution in [2.75, 3.05) is 11.9 Å². The van der Waals surface area contributed by atoms with E-state index in [2.05, 4.69) is 17.4 Å². The first-order valence-electron chi connectivity index (χ1n) is 4.38. The van der Waals surface area contributed by atoms with E-state index in [1.54, 1.807) is 0 Å². The molecule has 0 atom stereocenters. The second-order valence-electron chi connectivity index (χ2n) is 3.19. The quantitative estimate of drug-likeness (QED) is 0.702. The molecule has 1 heterocycles. The van der Waals surface area contributed by atoms with E-state index in [-0.39, 0.29) is 12.4 Å². The summed E-state index contributed by atoms with van der Waals surface area (Å²) < 4.78 is 0. The Morgan fingerprint density at radius 1 is 1.23 bits per heavy atom. The van der Waals surface area contributed by atoms with E-state index in [0.29, 0.717) is 0 Å². The lowest BCUT2D eigenvalue weighted by Gasteiger charge is -2.06. The van der Waals surface area contributed by atoms with Crippen molar-refractivity contribution in [1.82, 2.24) is 0 Å². The molecule has 0 amide bonds. The topological polar surface area (TPSA) is 12.0 Å². The van der Waals surface area contributed by atoms with Crippen LogP contribution in [-0.2, 0) is 6.42 Å². The Kier molecular flexibility index (Phi) is 3.89. The van der Waals surface area contributed by atoms with E-state index < -0.39 is 0 Å². The van der Waals surface area contributed by atoms with E-state index in [1.165, 1.54) is 24.1 Å². The van der Waals surface area contributed by atoms with Gasteiger partial charge in [-0.3, -0.25) is 0 Å². The van der Waals surface area contributed by atoms with Crippen molar-refractivity contribution in [3.63, 3.8) is 0 Å². The number of hydrogen-bond donors (Lipinski definition) is 1. The Morgan fingerprint density at radius 3 is 2.92 bits per heavy atom. The molecule has 13 heavy (non-hydrogen) atoms. The minimum atomic E-state index is 0. The molecule has 0 fully saturated rings. The van der Waals surface area contributed by atoms with E-state index in [0.717, 1.165) is 18.0 Å². The van der Waals surface area contributed by atoms with Gasteiger partial charge in [0.05, 0.1) is 0 Å². The summed E-state index contributed by atoms with van der Waals surface area (Å²) in [4.78, 5) is 0. The predicted molar refractivity (Wildman–Crippen MR) is 60.1 cm³/mol. The highest BCUT2D eigenvalue weighted by atomic mass is 35.5. The highest BCUT2D eigenvalue weighted by Crippen LogP contribution is 2.24. The van der Waals surface area contributed by atoms with Gasteiger partial charge in [-0.05, 0) is 43.0 Å². The number of benzene rings is 1. The summed E-state index contributed by atoms with van der Waals surface area (Å²) in [6, 6.07) is 6.08. The molecular formula is C10H13Cl2N. The lowest BCUT2D eigenvalue weighted by atomic mass is 10.1. The Bertz CT molecular complexity index is 286. The van der Waals surface area contributed by atoms with Crippen LogP contribution < -0.4 is 5.32 Å². The van der Waals surface area contributed by atoms with Crippen LogP contribution in [0.15, 0.2) is 18.2 Å². The van der Waals surface area contributed by atoms with Crippen LogP contribution in [0, 0.1) is 0 Å². The van der Waals surface area contributed by atoms with Crippen LogP contribution in [0.1, 0.15) is 18.4 Å². The fourth-order valence-corrected chi connectivity index (χ4v) is 1.80. The lowest BCUT2D eigenvalue weighted by molar-refractivity contribution is 0.785. The zero-order valence-corrected chi connectivity index (χ0v) is 8.92. The molecule has 0 saturated heterocycles. The van der Waals surface area contributed by atoms with Gasteiger partial charge in [0.2, 0.25) is 0 Å². The normalized spacial score (nSPS) is 14.8. The third-order valence-corrected chi connectivity index (χ3v) is 2.49. The van der Waals surface area contributed by atoms with E-state index in [4.69, 9.17) is 11.6 Å². The Morgan fingerprint density at radius 2 is 2.08 bits per heavy atom. The fourth-order valence-electron chi connectivity index (χ4n) is 1.61. The maximum Gasteiger partial charge on any atom is 0.0410 e. The average molecular weight is 218 g/mol. The second kappa shape index (κ2) is 4.73. The monoisotopic (exact) mass is 217 g/mol. The number of halogens is 2. The standard InChI is InChI=1S/C10H12ClN.ClH/c11-9-4-5-10-8(7-9)3-1-2-6-12-10;/h4-5,7,12H,1-3,6H2;1H. The zero-order valence-electron chi connectivity index (χ0n) is 7.35. The number of hydrogen-bond acceptors (Lipinski definition) is 1. The van der Waals surface area contributed by atoms with Gasteiger partial charge in [0.1, 0.15) is 0 Å². The molecule has 1 nitrogen and oxygen atoms in total. The van der Waals surface area contributed by atoms with Crippen LogP contribution in [0.25, 0.3) is 0 Å². The van der Waals surface area contributed by atoms with Gasteiger partial charge in [-0.1, -0.05) is 11.6 Å². The molecule has 0 radical (unpaired) electrons. The summed E-state index contributed by atoms with van der Waals surface area (Å²) in [6.45, 7) is 1.09. The Balaban J connectivity index is 0.000000845. The second-order valence-corrected chi connectivity index (χ2v) is 3.62. The number of fused-ring (bicyclic) bond motifs is 1. The number of nitrogens with one attached hydrogen (secondary N) is 1. The summed E-state index contributed by atoms with van der Waals surface area (Å²) >= 11 is 5.90. The summed E-state index contributed by atoms with van der Waals surface area (Å²) in [7, 11) is 0. The largest absolute Gasteiger partial charge is 0.385 e. The van der Waals surface area contributed by atoms with Crippen LogP contribution in [0.3, 0.4) is 0 Å². The van der Waals surface area contributed by atoms with Gasteiger partial charge >= 0.3 is 0 Å². The zero-order chi connectivity index (χ0) is 8.39. The van der Waals surface area contributed by atoms with Gasteiger partial charge in [0, 0.05) is 17.3 Å². The lowest BCUT2D eigenvalue weighted by Crippen LogP contribution is -1.98. The summed E-state index contributed by atoms with van der Waals surface area (Å²) in [5, 5.41) is 4.24. The van der Waals surface area contributed by atoms with Crippen molar-refractivity contribution < 1.29 is 0 Å². The van der Waals surface area contributed by atoms with Crippen LogP contribution in [0.2, 0.25) is 5.02 Å². The minimum absolute atomic E-state index is 0. The fraction of sp³-hybridized carbons (Fsp3) is 0.400. The molecule has 1 aliphatic rings. The number of anilines is 1. The van der Waals surface area contributed by atoms with Gasteiger partial charge in [-0.25, -0.2) is 0 Å². The first-order valence-corrected chi connectivity index (χ1v) is 4.76. The van der Waals surface area contributed by atoms with Crippen molar-refractivity contribution in [1.29, 1.82) is 0 Å². The molecule has 0 bridgehead atoms. The first-order chi connectivity index (χ1) is 5.86. The molecule has 0 unspecified atom stereocenters. The van der Waals surface area contributed by atoms with Crippen molar-refractivity contribution in [3.05, 3.63) is 28.8 Å². The molecule has 0 aromatic heterocycles. The van der Waals surface area contributed by atoms with Crippen molar-refractivity contribution in [2.45, 2.75) is 19.3 Å². The summed E-state index contributed by atoms with van der Waals surface area (Å²) in [6.07, 6.45) is 3.68. The maximum absolute atomic E-state index is 5.90. The average Bonchev–Trinajstić information content (AvgIpc) is 2.28. The molecule has 1 aromatic rings. The van der Waals surface area contributed by atoms with Crippen molar-refractivity contribution >= 4 is 29.7 Å². The predicted octanol–water partition coefficient (Wildman–Crippen LogP) is 3.51. The highest BCUT2D eigenvalue weighted by Gasteiger charge is 2.06. The molecule has 1 N–H and O–H groups in total. The molecular weight excluding hydrogens is 205 g/mol.